The first kappa shape index (κ1) is 26.8. The molecule has 1 heterocycles. The van der Waals surface area contributed by atoms with Gasteiger partial charge in [-0.25, -0.2) is 14.1 Å². The summed E-state index contributed by atoms with van der Waals surface area (Å²) in [7, 11) is 0. The number of hydrogen-bond donors (Lipinski definition) is 2. The lowest BCUT2D eigenvalue weighted by Gasteiger charge is -2.16. The second-order valence-corrected chi connectivity index (χ2v) is 9.21. The molecule has 8 nitrogen and oxygen atoms in total. The van der Waals surface area contributed by atoms with E-state index in [-0.39, 0.29) is 38.7 Å². The summed E-state index contributed by atoms with van der Waals surface area (Å²) in [5.74, 6) is -3.12. The molecule has 38 heavy (non-hydrogen) atoms. The van der Waals surface area contributed by atoms with Gasteiger partial charge in [-0.15, -0.1) is 0 Å². The SMILES string of the molecule is CC(C)OC(=O)c1ccc(N2C(=O)C(Cl)=C(Nc3cccc(C(=O)Nc4ccc(F)c(Cl)c4)c3)C2=O)cc1. The Balaban J connectivity index is 1.49. The summed E-state index contributed by atoms with van der Waals surface area (Å²) in [6.07, 6.45) is -0.299. The molecule has 0 fully saturated rings. The van der Waals surface area contributed by atoms with Crippen LogP contribution >= 0.6 is 23.2 Å². The summed E-state index contributed by atoms with van der Waals surface area (Å²) in [5.41, 5.74) is 1.12. The van der Waals surface area contributed by atoms with E-state index in [9.17, 15) is 23.6 Å². The van der Waals surface area contributed by atoms with Crippen LogP contribution < -0.4 is 15.5 Å². The zero-order valence-electron chi connectivity index (χ0n) is 20.1. The Hall–Kier alpha value is -4.21. The molecule has 0 spiro atoms. The second kappa shape index (κ2) is 11.0. The van der Waals surface area contributed by atoms with Gasteiger partial charge in [-0.2, -0.15) is 0 Å². The van der Waals surface area contributed by atoms with Gasteiger partial charge in [-0.1, -0.05) is 29.3 Å². The highest BCUT2D eigenvalue weighted by Crippen LogP contribution is 2.30. The predicted molar refractivity (Wildman–Crippen MR) is 142 cm³/mol. The van der Waals surface area contributed by atoms with E-state index in [4.69, 9.17) is 27.9 Å². The molecule has 0 unspecified atom stereocenters. The summed E-state index contributed by atoms with van der Waals surface area (Å²) >= 11 is 12.0. The van der Waals surface area contributed by atoms with Crippen molar-refractivity contribution in [3.63, 3.8) is 0 Å². The monoisotopic (exact) mass is 555 g/mol. The molecular weight excluding hydrogens is 536 g/mol. The van der Waals surface area contributed by atoms with Crippen LogP contribution in [0.5, 0.6) is 0 Å². The molecule has 1 aliphatic rings. The van der Waals surface area contributed by atoms with Gasteiger partial charge in [-0.3, -0.25) is 14.4 Å². The van der Waals surface area contributed by atoms with Crippen molar-refractivity contribution in [3.05, 3.63) is 99.4 Å². The first-order valence-electron chi connectivity index (χ1n) is 11.3. The average molecular weight is 556 g/mol. The number of benzene rings is 3. The minimum absolute atomic E-state index is 0.140. The molecule has 1 aliphatic heterocycles. The van der Waals surface area contributed by atoms with E-state index in [0.29, 0.717) is 11.4 Å². The molecule has 0 atom stereocenters. The summed E-state index contributed by atoms with van der Waals surface area (Å²) in [5, 5.41) is 4.93. The van der Waals surface area contributed by atoms with Crippen LogP contribution in [-0.4, -0.2) is 29.8 Å². The number of carbonyl (C=O) groups excluding carboxylic acids is 4. The van der Waals surface area contributed by atoms with Gasteiger partial charge >= 0.3 is 5.97 Å². The van der Waals surface area contributed by atoms with E-state index in [1.165, 1.54) is 48.5 Å². The number of imide groups is 1. The number of halogens is 3. The van der Waals surface area contributed by atoms with Crippen LogP contribution in [0.4, 0.5) is 21.5 Å². The van der Waals surface area contributed by atoms with Crippen molar-refractivity contribution in [2.24, 2.45) is 0 Å². The molecule has 3 amide bonds. The Morgan fingerprint density at radius 3 is 2.26 bits per heavy atom. The van der Waals surface area contributed by atoms with Crippen molar-refractivity contribution in [2.45, 2.75) is 20.0 Å². The van der Waals surface area contributed by atoms with Gasteiger partial charge in [0.1, 0.15) is 16.5 Å². The minimum atomic E-state index is -0.751. The van der Waals surface area contributed by atoms with Crippen LogP contribution in [0.1, 0.15) is 34.6 Å². The lowest BCUT2D eigenvalue weighted by atomic mass is 10.1. The number of carbonyl (C=O) groups is 4. The van der Waals surface area contributed by atoms with E-state index in [1.54, 1.807) is 26.0 Å². The molecule has 0 radical (unpaired) electrons. The van der Waals surface area contributed by atoms with Gasteiger partial charge in [-0.05, 0) is 74.5 Å². The number of rotatable bonds is 7. The Kier molecular flexibility index (Phi) is 7.80. The molecular formula is C27H20Cl2FN3O5. The van der Waals surface area contributed by atoms with Crippen molar-refractivity contribution in [3.8, 4) is 0 Å². The number of ether oxygens (including phenoxy) is 1. The molecule has 0 aliphatic carbocycles. The Morgan fingerprint density at radius 1 is 0.895 bits per heavy atom. The maximum absolute atomic E-state index is 13.4. The molecule has 194 valence electrons. The van der Waals surface area contributed by atoms with Crippen molar-refractivity contribution < 1.29 is 28.3 Å². The smallest absolute Gasteiger partial charge is 0.338 e. The normalized spacial score (nSPS) is 13.3. The van der Waals surface area contributed by atoms with Crippen molar-refractivity contribution >= 4 is 64.0 Å². The maximum atomic E-state index is 13.4. The zero-order valence-corrected chi connectivity index (χ0v) is 21.6. The average Bonchev–Trinajstić information content (AvgIpc) is 3.09. The molecule has 11 heteroatoms. The summed E-state index contributed by atoms with van der Waals surface area (Å²) in [4.78, 5) is 51.5. The van der Waals surface area contributed by atoms with Crippen LogP contribution in [0.15, 0.2) is 77.5 Å². The first-order chi connectivity index (χ1) is 18.0. The molecule has 4 rings (SSSR count). The Bertz CT molecular complexity index is 1490. The Labute approximate surface area is 227 Å². The molecule has 3 aromatic rings. The van der Waals surface area contributed by atoms with E-state index in [0.717, 1.165) is 11.0 Å². The van der Waals surface area contributed by atoms with E-state index in [1.807, 2.05) is 0 Å². The summed E-state index contributed by atoms with van der Waals surface area (Å²) < 4.78 is 18.5. The number of amides is 3. The fourth-order valence-electron chi connectivity index (χ4n) is 3.53. The minimum Gasteiger partial charge on any atom is -0.459 e. The summed E-state index contributed by atoms with van der Waals surface area (Å²) in [6, 6.07) is 15.7. The van der Waals surface area contributed by atoms with E-state index in [2.05, 4.69) is 10.6 Å². The molecule has 0 bridgehead atoms. The maximum Gasteiger partial charge on any atom is 0.338 e. The lowest BCUT2D eigenvalue weighted by Crippen LogP contribution is -2.32. The first-order valence-corrected chi connectivity index (χ1v) is 12.0. The third kappa shape index (κ3) is 5.69. The molecule has 0 saturated heterocycles. The number of nitrogens with one attached hydrogen (secondary N) is 2. The van der Waals surface area contributed by atoms with Gasteiger partial charge in [0.2, 0.25) is 0 Å². The van der Waals surface area contributed by atoms with Crippen LogP contribution in [0.25, 0.3) is 0 Å². The highest BCUT2D eigenvalue weighted by molar-refractivity contribution is 6.53. The number of esters is 1. The summed E-state index contributed by atoms with van der Waals surface area (Å²) in [6.45, 7) is 3.44. The highest BCUT2D eigenvalue weighted by atomic mass is 35.5. The lowest BCUT2D eigenvalue weighted by molar-refractivity contribution is -0.120. The van der Waals surface area contributed by atoms with Crippen LogP contribution in [-0.2, 0) is 14.3 Å². The van der Waals surface area contributed by atoms with Gasteiger partial charge < -0.3 is 15.4 Å². The largest absolute Gasteiger partial charge is 0.459 e. The molecule has 0 saturated carbocycles. The third-order valence-corrected chi connectivity index (χ3v) is 5.94. The predicted octanol–water partition coefficient (Wildman–Crippen LogP) is 5.73. The standard InChI is InChI=1S/C27H20Cl2FN3O5/c1-14(2)38-27(37)15-6-9-19(10-7-15)33-25(35)22(29)23(26(33)36)31-17-5-3-4-16(12-17)24(34)32-18-8-11-21(30)20(28)13-18/h3-14,31H,1-2H3,(H,32,34). The molecule has 0 aromatic heterocycles. The van der Waals surface area contributed by atoms with Crippen LogP contribution in [0.3, 0.4) is 0 Å². The number of anilines is 3. The topological polar surface area (TPSA) is 105 Å². The van der Waals surface area contributed by atoms with Crippen LogP contribution in [0.2, 0.25) is 5.02 Å². The fraction of sp³-hybridized carbons (Fsp3) is 0.111. The van der Waals surface area contributed by atoms with E-state index < -0.39 is 29.5 Å². The quantitative estimate of drug-likeness (QED) is 0.285. The van der Waals surface area contributed by atoms with Gasteiger partial charge in [0.15, 0.2) is 0 Å². The van der Waals surface area contributed by atoms with Crippen LogP contribution in [0, 0.1) is 5.82 Å². The number of hydrogen-bond acceptors (Lipinski definition) is 6. The van der Waals surface area contributed by atoms with Gasteiger partial charge in [0, 0.05) is 16.9 Å². The van der Waals surface area contributed by atoms with Crippen molar-refractivity contribution in [1.29, 1.82) is 0 Å². The van der Waals surface area contributed by atoms with Crippen molar-refractivity contribution in [2.75, 3.05) is 15.5 Å². The third-order valence-electron chi connectivity index (χ3n) is 5.30. The molecule has 2 N–H and O–H groups in total. The van der Waals surface area contributed by atoms with E-state index >= 15 is 0 Å². The number of nitrogens with zero attached hydrogens (tertiary/aromatic N) is 1. The molecule has 3 aromatic carbocycles. The van der Waals surface area contributed by atoms with Gasteiger partial charge in [0.25, 0.3) is 17.7 Å². The van der Waals surface area contributed by atoms with Gasteiger partial charge in [0.05, 0.1) is 22.4 Å². The highest BCUT2D eigenvalue weighted by Gasteiger charge is 2.39. The Morgan fingerprint density at radius 2 is 1.61 bits per heavy atom. The zero-order chi connectivity index (χ0) is 27.6. The van der Waals surface area contributed by atoms with Crippen molar-refractivity contribution in [1.82, 2.24) is 0 Å². The fourth-order valence-corrected chi connectivity index (χ4v) is 3.93. The second-order valence-electron chi connectivity index (χ2n) is 8.42.